The van der Waals surface area contributed by atoms with E-state index in [1.165, 1.54) is 129 Å². The third-order valence-corrected chi connectivity index (χ3v) is 14.3. The first kappa shape index (κ1) is 42.6. The highest BCUT2D eigenvalue weighted by molar-refractivity contribution is 9.11. The fraction of sp³-hybridized carbons (Fsp3) is 0.357. The van der Waals surface area contributed by atoms with Crippen LogP contribution in [0.1, 0.15) is 104 Å². The number of aromatic nitrogens is 2. The fourth-order valence-corrected chi connectivity index (χ4v) is 10.6. The predicted molar refractivity (Wildman–Crippen MR) is 268 cm³/mol. The Morgan fingerprint density at radius 3 is 1.20 bits per heavy atom. The van der Waals surface area contributed by atoms with Crippen molar-refractivity contribution < 1.29 is 0 Å². The second-order valence-corrected chi connectivity index (χ2v) is 20.4. The molecule has 2 unspecified atom stereocenters. The topological polar surface area (TPSA) is 9.86 Å². The molecule has 0 fully saturated rings. The van der Waals surface area contributed by atoms with Gasteiger partial charge in [-0.2, -0.15) is 0 Å². The van der Waals surface area contributed by atoms with E-state index in [0.29, 0.717) is 0 Å². The molecule has 2 heterocycles. The van der Waals surface area contributed by atoms with Gasteiger partial charge in [0.25, 0.3) is 0 Å². The molecular weight excluding hydrogens is 860 g/mol. The number of aryl methyl sites for hydroxylation is 2. The number of para-hydroxylation sites is 2. The summed E-state index contributed by atoms with van der Waals surface area (Å²) in [7, 11) is 0. The zero-order valence-corrected chi connectivity index (χ0v) is 39.7. The number of rotatable bonds is 17. The maximum absolute atomic E-state index is 3.93. The number of halogens is 2. The average Bonchev–Trinajstić information content (AvgIpc) is 3.76. The predicted octanol–water partition coefficient (Wildman–Crippen LogP) is 17.9. The summed E-state index contributed by atoms with van der Waals surface area (Å²) in [4.78, 5) is 0. The molecule has 0 saturated carbocycles. The van der Waals surface area contributed by atoms with E-state index >= 15 is 0 Å². The van der Waals surface area contributed by atoms with Gasteiger partial charge in [0.15, 0.2) is 0 Å². The molecule has 8 aromatic rings. The molecule has 2 nitrogen and oxygen atoms in total. The quantitative estimate of drug-likeness (QED) is 0.0861. The van der Waals surface area contributed by atoms with Crippen molar-refractivity contribution in [3.05, 3.63) is 141 Å². The summed E-state index contributed by atoms with van der Waals surface area (Å²) >= 11 is 7.87. The van der Waals surface area contributed by atoms with E-state index in [9.17, 15) is 0 Å². The van der Waals surface area contributed by atoms with Crippen LogP contribution in [0.25, 0.3) is 66.1 Å². The maximum atomic E-state index is 3.93. The van der Waals surface area contributed by atoms with Gasteiger partial charge in [-0.05, 0) is 164 Å². The molecule has 0 aliphatic rings. The van der Waals surface area contributed by atoms with Gasteiger partial charge in [-0.15, -0.1) is 0 Å². The van der Waals surface area contributed by atoms with Crippen LogP contribution in [-0.2, 0) is 12.8 Å². The second-order valence-electron chi connectivity index (χ2n) is 18.7. The van der Waals surface area contributed by atoms with Gasteiger partial charge in [0.05, 0.1) is 22.1 Å². The van der Waals surface area contributed by atoms with Crippen molar-refractivity contribution in [3.8, 4) is 22.5 Å². The number of fused-ring (bicyclic) bond motifs is 6. The molecule has 4 heteroatoms. The number of benzene rings is 6. The van der Waals surface area contributed by atoms with Crippen molar-refractivity contribution in [3.63, 3.8) is 0 Å². The van der Waals surface area contributed by atoms with E-state index < -0.39 is 0 Å². The van der Waals surface area contributed by atoms with Crippen LogP contribution in [0.4, 0.5) is 0 Å². The molecule has 8 rings (SSSR count). The van der Waals surface area contributed by atoms with Crippen LogP contribution in [0.15, 0.2) is 130 Å². The lowest BCUT2D eigenvalue weighted by Crippen LogP contribution is -1.99. The standard InChI is InChI=1S/C56H62Br2N2/c1-37(2)11-7-13-39(5)19-21-41-23-33-53-49(35-41)47-15-9-17-51(57)55(47)59(53)45-29-25-43(26-30-45)44-27-31-46(32-28-44)60-54-34-24-42(22-20-40(6)14-8-12-38(3)4)36-50(54)48-16-10-18-52(58)56(48)60/h9-10,15-18,23-40H,7-8,11-14,19-22H2,1-6H3. The normalized spacial score (nSPS) is 13.2. The molecule has 0 aliphatic heterocycles. The Hall–Kier alpha value is -4.12. The first-order chi connectivity index (χ1) is 29.0. The van der Waals surface area contributed by atoms with E-state index in [4.69, 9.17) is 0 Å². The Balaban J connectivity index is 1.04. The molecule has 60 heavy (non-hydrogen) atoms. The lowest BCUT2D eigenvalue weighted by molar-refractivity contribution is 0.437. The van der Waals surface area contributed by atoms with Crippen LogP contribution < -0.4 is 0 Å². The second kappa shape index (κ2) is 18.9. The SMILES string of the molecule is CC(C)CCCC(C)CCc1ccc2c(c1)c1cccc(Br)c1n2-c1ccc(-c2ccc(-n3c4ccc(CCC(C)CCCC(C)C)cc4c4cccc(Br)c43)cc2)cc1. The Kier molecular flexibility index (Phi) is 13.4. The van der Waals surface area contributed by atoms with Crippen LogP contribution >= 0.6 is 31.9 Å². The Bertz CT molecular complexity index is 2520. The lowest BCUT2D eigenvalue weighted by atomic mass is 9.94. The van der Waals surface area contributed by atoms with Crippen LogP contribution in [0.5, 0.6) is 0 Å². The molecular formula is C56H62Br2N2. The van der Waals surface area contributed by atoms with E-state index in [1.807, 2.05) is 0 Å². The Morgan fingerprint density at radius 2 is 0.817 bits per heavy atom. The minimum absolute atomic E-state index is 0.752. The zero-order chi connectivity index (χ0) is 41.9. The van der Waals surface area contributed by atoms with Gasteiger partial charge < -0.3 is 9.13 Å². The van der Waals surface area contributed by atoms with E-state index in [-0.39, 0.29) is 0 Å². The van der Waals surface area contributed by atoms with Crippen LogP contribution in [0.3, 0.4) is 0 Å². The summed E-state index contributed by atoms with van der Waals surface area (Å²) in [5.41, 5.74) is 12.6. The maximum Gasteiger partial charge on any atom is 0.0683 e. The minimum Gasteiger partial charge on any atom is -0.308 e. The van der Waals surface area contributed by atoms with Gasteiger partial charge in [0.2, 0.25) is 0 Å². The number of hydrogen-bond donors (Lipinski definition) is 0. The first-order valence-corrected chi connectivity index (χ1v) is 24.3. The van der Waals surface area contributed by atoms with E-state index in [0.717, 1.165) is 45.5 Å². The van der Waals surface area contributed by atoms with Gasteiger partial charge in [0.1, 0.15) is 0 Å². The van der Waals surface area contributed by atoms with E-state index in [1.54, 1.807) is 0 Å². The van der Waals surface area contributed by atoms with Gasteiger partial charge in [-0.3, -0.25) is 0 Å². The summed E-state index contributed by atoms with van der Waals surface area (Å²) in [5, 5.41) is 5.23. The molecule has 6 aromatic carbocycles. The molecule has 2 atom stereocenters. The van der Waals surface area contributed by atoms with Gasteiger partial charge in [-0.25, -0.2) is 0 Å². The Labute approximate surface area is 375 Å². The van der Waals surface area contributed by atoms with Crippen LogP contribution in [-0.4, -0.2) is 9.13 Å². The molecule has 0 aliphatic carbocycles. The molecule has 2 aromatic heterocycles. The van der Waals surface area contributed by atoms with Crippen molar-refractivity contribution in [1.29, 1.82) is 0 Å². The van der Waals surface area contributed by atoms with Gasteiger partial charge in [0, 0.05) is 41.9 Å². The third kappa shape index (κ3) is 9.21. The summed E-state index contributed by atoms with van der Waals surface area (Å²) < 4.78 is 7.09. The summed E-state index contributed by atoms with van der Waals surface area (Å²) in [5.74, 6) is 3.09. The van der Waals surface area contributed by atoms with Crippen molar-refractivity contribution in [2.45, 2.75) is 106 Å². The van der Waals surface area contributed by atoms with Crippen LogP contribution in [0.2, 0.25) is 0 Å². The molecule has 310 valence electrons. The highest BCUT2D eigenvalue weighted by Crippen LogP contribution is 2.39. The zero-order valence-electron chi connectivity index (χ0n) is 36.6. The largest absolute Gasteiger partial charge is 0.308 e. The van der Waals surface area contributed by atoms with Crippen molar-refractivity contribution in [2.24, 2.45) is 23.7 Å². The molecule has 0 radical (unpaired) electrons. The molecule has 0 N–H and O–H groups in total. The monoisotopic (exact) mass is 920 g/mol. The molecule has 0 bridgehead atoms. The van der Waals surface area contributed by atoms with Crippen molar-refractivity contribution in [1.82, 2.24) is 9.13 Å². The van der Waals surface area contributed by atoms with E-state index in [2.05, 4.69) is 204 Å². The van der Waals surface area contributed by atoms with Gasteiger partial charge in [-0.1, -0.05) is 141 Å². The Morgan fingerprint density at radius 1 is 0.417 bits per heavy atom. The number of nitrogens with zero attached hydrogens (tertiary/aromatic N) is 2. The van der Waals surface area contributed by atoms with Crippen molar-refractivity contribution in [2.75, 3.05) is 0 Å². The summed E-state index contributed by atoms with van der Waals surface area (Å²) in [6.45, 7) is 14.2. The average molecular weight is 923 g/mol. The molecule has 0 saturated heterocycles. The number of hydrogen-bond acceptors (Lipinski definition) is 0. The molecule has 0 amide bonds. The summed E-state index contributed by atoms with van der Waals surface area (Å²) in [6, 6.07) is 45.7. The highest BCUT2D eigenvalue weighted by atomic mass is 79.9. The van der Waals surface area contributed by atoms with Crippen LogP contribution in [0, 0.1) is 23.7 Å². The minimum atomic E-state index is 0.752. The first-order valence-electron chi connectivity index (χ1n) is 22.7. The lowest BCUT2D eigenvalue weighted by Gasteiger charge is -2.13. The summed E-state index contributed by atoms with van der Waals surface area (Å²) in [6.07, 6.45) is 12.7. The highest BCUT2D eigenvalue weighted by Gasteiger charge is 2.18. The smallest absolute Gasteiger partial charge is 0.0683 e. The fourth-order valence-electron chi connectivity index (χ4n) is 9.47. The van der Waals surface area contributed by atoms with Crippen molar-refractivity contribution >= 4 is 75.5 Å². The van der Waals surface area contributed by atoms with Gasteiger partial charge >= 0.3 is 0 Å². The molecule has 0 spiro atoms. The third-order valence-electron chi connectivity index (χ3n) is 13.0.